The molecule has 0 N–H and O–H groups in total. The summed E-state index contributed by atoms with van der Waals surface area (Å²) in [5.74, 6) is 0.758. The summed E-state index contributed by atoms with van der Waals surface area (Å²) in [6, 6.07) is 12.4. The minimum absolute atomic E-state index is 0.335. The zero-order valence-electron chi connectivity index (χ0n) is 16.0. The summed E-state index contributed by atoms with van der Waals surface area (Å²) in [6.07, 6.45) is 3.48. The third-order valence-electron chi connectivity index (χ3n) is 5.01. The van der Waals surface area contributed by atoms with Crippen LogP contribution in [0.15, 0.2) is 59.8 Å². The van der Waals surface area contributed by atoms with Crippen molar-refractivity contribution in [1.82, 2.24) is 28.5 Å². The van der Waals surface area contributed by atoms with Crippen LogP contribution in [-0.2, 0) is 23.7 Å². The Bertz CT molecular complexity index is 1130. The molecule has 29 heavy (non-hydrogen) atoms. The molecule has 0 saturated carbocycles. The second-order valence-corrected chi connectivity index (χ2v) is 9.19. The molecule has 2 aromatic heterocycles. The molecule has 1 fully saturated rings. The van der Waals surface area contributed by atoms with E-state index < -0.39 is 10.0 Å². The fraction of sp³-hybridized carbons (Fsp3) is 0.316. The molecule has 10 heteroatoms. The molecule has 1 aliphatic heterocycles. The maximum absolute atomic E-state index is 12.8. The average molecular weight is 431 g/mol. The van der Waals surface area contributed by atoms with Crippen molar-refractivity contribution >= 4 is 22.2 Å². The first kappa shape index (κ1) is 19.9. The van der Waals surface area contributed by atoms with E-state index >= 15 is 0 Å². The van der Waals surface area contributed by atoms with Gasteiger partial charge in [0.2, 0.25) is 10.0 Å². The highest BCUT2D eigenvalue weighted by atomic mass is 32.2. The summed E-state index contributed by atoms with van der Waals surface area (Å²) in [5.41, 5.74) is 0.902. The maximum Gasteiger partial charge on any atom is 0.243 e. The molecule has 3 aromatic rings. The third-order valence-corrected chi connectivity index (χ3v) is 7.40. The third kappa shape index (κ3) is 4.01. The van der Waals surface area contributed by atoms with Crippen molar-refractivity contribution in [3.63, 3.8) is 0 Å². The molecule has 3 heterocycles. The second kappa shape index (κ2) is 8.15. The maximum atomic E-state index is 12.8. The number of hydrogen-bond donors (Lipinski definition) is 0. The molecule has 1 saturated heterocycles. The highest BCUT2D eigenvalue weighted by molar-refractivity contribution is 7.89. The van der Waals surface area contributed by atoms with Gasteiger partial charge in [-0.15, -0.1) is 0 Å². The standard InChI is InChI=1S/C19H22N6O2S2/c1-22-18(16-6-5-9-20-14-16)21-25(19(22)28)15-23-10-12-24(13-11-23)29(26,27)17-7-3-2-4-8-17/h2-9,14H,10-13,15H2,1H3. The second-order valence-electron chi connectivity index (χ2n) is 6.88. The molecular weight excluding hydrogens is 408 g/mol. The van der Waals surface area contributed by atoms with Crippen LogP contribution in [0.4, 0.5) is 0 Å². The van der Waals surface area contributed by atoms with E-state index in [2.05, 4.69) is 15.0 Å². The van der Waals surface area contributed by atoms with E-state index in [1.807, 2.05) is 29.8 Å². The molecule has 1 aromatic carbocycles. The zero-order chi connectivity index (χ0) is 20.4. The van der Waals surface area contributed by atoms with E-state index in [9.17, 15) is 8.42 Å². The zero-order valence-corrected chi connectivity index (χ0v) is 17.7. The number of benzene rings is 1. The van der Waals surface area contributed by atoms with Crippen LogP contribution in [0.1, 0.15) is 0 Å². The number of aromatic nitrogens is 4. The number of piperazine rings is 1. The van der Waals surface area contributed by atoms with Gasteiger partial charge in [-0.3, -0.25) is 9.88 Å². The Hall–Kier alpha value is -2.40. The van der Waals surface area contributed by atoms with E-state index in [0.29, 0.717) is 42.5 Å². The van der Waals surface area contributed by atoms with Crippen molar-refractivity contribution in [3.05, 3.63) is 59.6 Å². The van der Waals surface area contributed by atoms with Crippen molar-refractivity contribution < 1.29 is 8.42 Å². The lowest BCUT2D eigenvalue weighted by Crippen LogP contribution is -2.48. The predicted molar refractivity (Wildman–Crippen MR) is 112 cm³/mol. The van der Waals surface area contributed by atoms with Gasteiger partial charge in [0.25, 0.3) is 0 Å². The lowest BCUT2D eigenvalue weighted by molar-refractivity contribution is 0.144. The largest absolute Gasteiger partial charge is 0.303 e. The molecule has 0 bridgehead atoms. The van der Waals surface area contributed by atoms with E-state index in [1.165, 1.54) is 4.31 Å². The summed E-state index contributed by atoms with van der Waals surface area (Å²) in [4.78, 5) is 6.64. The molecule has 0 amide bonds. The van der Waals surface area contributed by atoms with Crippen molar-refractivity contribution in [3.8, 4) is 11.4 Å². The summed E-state index contributed by atoms with van der Waals surface area (Å²) in [5, 5.41) is 4.65. The molecule has 8 nitrogen and oxygen atoms in total. The lowest BCUT2D eigenvalue weighted by atomic mass is 10.3. The SMILES string of the molecule is Cn1c(-c2cccnc2)nn(CN2CCN(S(=O)(=O)c3ccccc3)CC2)c1=S. The van der Waals surface area contributed by atoms with Crippen LogP contribution < -0.4 is 0 Å². The van der Waals surface area contributed by atoms with Crippen molar-refractivity contribution in [2.24, 2.45) is 7.05 Å². The molecule has 4 rings (SSSR count). The van der Waals surface area contributed by atoms with Crippen LogP contribution in [-0.4, -0.2) is 63.1 Å². The van der Waals surface area contributed by atoms with Gasteiger partial charge in [-0.2, -0.15) is 9.40 Å². The van der Waals surface area contributed by atoms with E-state index in [0.717, 1.165) is 11.4 Å². The van der Waals surface area contributed by atoms with Crippen LogP contribution in [0, 0.1) is 4.77 Å². The van der Waals surface area contributed by atoms with Gasteiger partial charge < -0.3 is 4.57 Å². The molecular formula is C19H22N6O2S2. The molecule has 0 unspecified atom stereocenters. The first-order valence-electron chi connectivity index (χ1n) is 9.28. The van der Waals surface area contributed by atoms with E-state index in [1.54, 1.807) is 41.3 Å². The number of nitrogens with zero attached hydrogens (tertiary/aromatic N) is 6. The molecule has 0 spiro atoms. The highest BCUT2D eigenvalue weighted by Gasteiger charge is 2.28. The summed E-state index contributed by atoms with van der Waals surface area (Å²) in [6.45, 7) is 2.63. The first-order chi connectivity index (χ1) is 14.0. The Labute approximate surface area is 175 Å². The van der Waals surface area contributed by atoms with E-state index in [4.69, 9.17) is 12.2 Å². The molecule has 0 atom stereocenters. The van der Waals surface area contributed by atoms with Gasteiger partial charge in [0.15, 0.2) is 10.6 Å². The summed E-state index contributed by atoms with van der Waals surface area (Å²) in [7, 11) is -1.57. The number of pyridine rings is 1. The Morgan fingerprint density at radius 1 is 1.03 bits per heavy atom. The molecule has 0 aliphatic carbocycles. The van der Waals surface area contributed by atoms with Gasteiger partial charge in [-0.1, -0.05) is 18.2 Å². The normalized spacial score (nSPS) is 16.2. The molecule has 1 aliphatic rings. The quantitative estimate of drug-likeness (QED) is 0.576. The number of hydrogen-bond acceptors (Lipinski definition) is 6. The number of sulfonamides is 1. The fourth-order valence-electron chi connectivity index (χ4n) is 3.37. The predicted octanol–water partition coefficient (Wildman–Crippen LogP) is 1.98. The van der Waals surface area contributed by atoms with Gasteiger partial charge in [-0.25, -0.2) is 13.1 Å². The Morgan fingerprint density at radius 2 is 1.76 bits per heavy atom. The first-order valence-corrected chi connectivity index (χ1v) is 11.1. The van der Waals surface area contributed by atoms with Crippen molar-refractivity contribution in [1.29, 1.82) is 0 Å². The number of rotatable bonds is 5. The van der Waals surface area contributed by atoms with Gasteiger partial charge >= 0.3 is 0 Å². The monoisotopic (exact) mass is 430 g/mol. The van der Waals surface area contributed by atoms with Gasteiger partial charge in [0.05, 0.1) is 11.6 Å². The minimum Gasteiger partial charge on any atom is -0.303 e. The topological polar surface area (TPSA) is 76.3 Å². The summed E-state index contributed by atoms with van der Waals surface area (Å²) >= 11 is 5.54. The van der Waals surface area contributed by atoms with Crippen molar-refractivity contribution in [2.75, 3.05) is 26.2 Å². The smallest absolute Gasteiger partial charge is 0.243 e. The molecule has 0 radical (unpaired) electrons. The Kier molecular flexibility index (Phi) is 5.59. The average Bonchev–Trinajstić information content (AvgIpc) is 3.04. The van der Waals surface area contributed by atoms with Crippen LogP contribution in [0.3, 0.4) is 0 Å². The van der Waals surface area contributed by atoms with Gasteiger partial charge in [0, 0.05) is 51.2 Å². The lowest BCUT2D eigenvalue weighted by Gasteiger charge is -2.33. The highest BCUT2D eigenvalue weighted by Crippen LogP contribution is 2.19. The van der Waals surface area contributed by atoms with Crippen LogP contribution >= 0.6 is 12.2 Å². The Balaban J connectivity index is 1.45. The summed E-state index contributed by atoms with van der Waals surface area (Å²) < 4.78 is 31.3. The molecule has 152 valence electrons. The van der Waals surface area contributed by atoms with Gasteiger partial charge in [0.1, 0.15) is 0 Å². The van der Waals surface area contributed by atoms with Crippen LogP contribution in [0.5, 0.6) is 0 Å². The van der Waals surface area contributed by atoms with Gasteiger partial charge in [-0.05, 0) is 36.5 Å². The minimum atomic E-state index is -3.45. The van der Waals surface area contributed by atoms with Crippen LogP contribution in [0.2, 0.25) is 0 Å². The van der Waals surface area contributed by atoms with E-state index in [-0.39, 0.29) is 0 Å². The fourth-order valence-corrected chi connectivity index (χ4v) is 5.00. The Morgan fingerprint density at radius 3 is 2.41 bits per heavy atom. The van der Waals surface area contributed by atoms with Crippen molar-refractivity contribution in [2.45, 2.75) is 11.6 Å². The van der Waals surface area contributed by atoms with Crippen LogP contribution in [0.25, 0.3) is 11.4 Å².